The Kier molecular flexibility index (Phi) is 6.31. The van der Waals surface area contributed by atoms with Gasteiger partial charge in [-0.15, -0.1) is 0 Å². The molecule has 1 rings (SSSR count). The second kappa shape index (κ2) is 7.27. The predicted octanol–water partition coefficient (Wildman–Crippen LogP) is 3.38. The highest BCUT2D eigenvalue weighted by Gasteiger charge is 2.08. The number of hydrogen-bond donors (Lipinski definition) is 1. The maximum atomic E-state index is 11.5. The van der Waals surface area contributed by atoms with Crippen molar-refractivity contribution in [1.29, 1.82) is 0 Å². The van der Waals surface area contributed by atoms with Gasteiger partial charge in [0.1, 0.15) is 0 Å². The molecule has 0 bridgehead atoms. The van der Waals surface area contributed by atoms with E-state index in [0.717, 1.165) is 12.8 Å². The summed E-state index contributed by atoms with van der Waals surface area (Å²) >= 11 is 5.51. The van der Waals surface area contributed by atoms with Crippen molar-refractivity contribution in [3.8, 4) is 0 Å². The van der Waals surface area contributed by atoms with E-state index in [9.17, 15) is 4.79 Å². The van der Waals surface area contributed by atoms with Gasteiger partial charge in [-0.2, -0.15) is 0 Å². The highest BCUT2D eigenvalue weighted by molar-refractivity contribution is 14.1. The molecule has 0 atom stereocenters. The smallest absolute Gasteiger partial charge is 0.287 e. The van der Waals surface area contributed by atoms with Crippen LogP contribution in [0.3, 0.4) is 0 Å². The van der Waals surface area contributed by atoms with Crippen LogP contribution in [0.2, 0.25) is 0 Å². The Hall–Kier alpha value is -0.0400. The second-order valence-electron chi connectivity index (χ2n) is 3.11. The average Bonchev–Trinajstić information content (AvgIpc) is 2.64. The topological polar surface area (TPSA) is 42.2 Å². The van der Waals surface area contributed by atoms with Gasteiger partial charge in [0.2, 0.25) is 0 Å². The molecule has 0 unspecified atom stereocenters. The molecule has 0 aliphatic carbocycles. The SMILES string of the molecule is O=C(NCCCCCI)c1ccc(Br)o1. The highest BCUT2D eigenvalue weighted by atomic mass is 127. The van der Waals surface area contributed by atoms with Crippen LogP contribution in [0, 0.1) is 0 Å². The Bertz CT molecular complexity index is 314. The molecule has 84 valence electrons. The Labute approximate surface area is 111 Å². The molecule has 0 radical (unpaired) electrons. The third-order valence-corrected chi connectivity index (χ3v) is 3.08. The molecular formula is C10H13BrINO2. The number of halogens is 2. The van der Waals surface area contributed by atoms with Gasteiger partial charge in [-0.05, 0) is 45.3 Å². The number of hydrogen-bond acceptors (Lipinski definition) is 2. The van der Waals surface area contributed by atoms with Crippen molar-refractivity contribution < 1.29 is 9.21 Å². The van der Waals surface area contributed by atoms with Crippen molar-refractivity contribution in [2.45, 2.75) is 19.3 Å². The molecule has 1 aromatic heterocycles. The normalized spacial score (nSPS) is 10.3. The molecule has 1 aromatic rings. The van der Waals surface area contributed by atoms with Gasteiger partial charge in [0, 0.05) is 6.54 Å². The Morgan fingerprint density at radius 1 is 1.40 bits per heavy atom. The van der Waals surface area contributed by atoms with E-state index in [1.54, 1.807) is 12.1 Å². The van der Waals surface area contributed by atoms with Gasteiger partial charge in [0.15, 0.2) is 10.4 Å². The van der Waals surface area contributed by atoms with Gasteiger partial charge in [0.05, 0.1) is 0 Å². The number of alkyl halides is 1. The van der Waals surface area contributed by atoms with Crippen molar-refractivity contribution in [2.24, 2.45) is 0 Å². The van der Waals surface area contributed by atoms with E-state index in [-0.39, 0.29) is 5.91 Å². The summed E-state index contributed by atoms with van der Waals surface area (Å²) in [5, 5.41) is 2.82. The van der Waals surface area contributed by atoms with E-state index in [2.05, 4.69) is 43.8 Å². The van der Waals surface area contributed by atoms with E-state index in [0.29, 0.717) is 17.0 Å². The molecule has 0 aliphatic rings. The zero-order chi connectivity index (χ0) is 11.1. The lowest BCUT2D eigenvalue weighted by Crippen LogP contribution is -2.23. The summed E-state index contributed by atoms with van der Waals surface area (Å²) in [6, 6.07) is 3.37. The van der Waals surface area contributed by atoms with Gasteiger partial charge in [-0.3, -0.25) is 4.79 Å². The molecule has 1 amide bonds. The molecule has 15 heavy (non-hydrogen) atoms. The summed E-state index contributed by atoms with van der Waals surface area (Å²) in [7, 11) is 0. The maximum Gasteiger partial charge on any atom is 0.287 e. The van der Waals surface area contributed by atoms with Gasteiger partial charge in [-0.25, -0.2) is 0 Å². The van der Waals surface area contributed by atoms with Crippen LogP contribution >= 0.6 is 38.5 Å². The summed E-state index contributed by atoms with van der Waals surface area (Å²) in [5.74, 6) is 0.214. The van der Waals surface area contributed by atoms with Crippen LogP contribution in [-0.4, -0.2) is 16.9 Å². The van der Waals surface area contributed by atoms with Crippen LogP contribution in [0.4, 0.5) is 0 Å². The van der Waals surface area contributed by atoms with Gasteiger partial charge in [-0.1, -0.05) is 29.0 Å². The third-order valence-electron chi connectivity index (χ3n) is 1.89. The Balaban J connectivity index is 2.19. The zero-order valence-electron chi connectivity index (χ0n) is 8.26. The first-order valence-corrected chi connectivity index (χ1v) is 7.15. The number of carbonyl (C=O) groups excluding carboxylic acids is 1. The van der Waals surface area contributed by atoms with Gasteiger partial charge >= 0.3 is 0 Å². The molecule has 0 aliphatic heterocycles. The fraction of sp³-hybridized carbons (Fsp3) is 0.500. The van der Waals surface area contributed by atoms with Gasteiger partial charge in [0.25, 0.3) is 5.91 Å². The molecule has 0 saturated heterocycles. The largest absolute Gasteiger partial charge is 0.444 e. The lowest BCUT2D eigenvalue weighted by atomic mass is 10.2. The molecular weight excluding hydrogens is 373 g/mol. The minimum absolute atomic E-state index is 0.143. The molecule has 0 saturated carbocycles. The van der Waals surface area contributed by atoms with E-state index >= 15 is 0 Å². The number of nitrogens with one attached hydrogen (secondary N) is 1. The van der Waals surface area contributed by atoms with Crippen molar-refractivity contribution in [1.82, 2.24) is 5.32 Å². The first-order valence-electron chi connectivity index (χ1n) is 4.83. The standard InChI is InChI=1S/C10H13BrINO2/c11-9-5-4-8(15-9)10(14)13-7-3-1-2-6-12/h4-5H,1-3,6-7H2,(H,13,14). The molecule has 0 fully saturated rings. The summed E-state index contributed by atoms with van der Waals surface area (Å²) in [6.07, 6.45) is 3.39. The van der Waals surface area contributed by atoms with Crippen molar-refractivity contribution in [2.75, 3.05) is 11.0 Å². The number of furan rings is 1. The monoisotopic (exact) mass is 385 g/mol. The Morgan fingerprint density at radius 2 is 2.20 bits per heavy atom. The number of carbonyl (C=O) groups is 1. The van der Waals surface area contributed by atoms with Crippen LogP contribution in [0.25, 0.3) is 0 Å². The fourth-order valence-electron chi connectivity index (χ4n) is 1.12. The molecule has 3 nitrogen and oxygen atoms in total. The highest BCUT2D eigenvalue weighted by Crippen LogP contribution is 2.13. The first-order chi connectivity index (χ1) is 7.24. The van der Waals surface area contributed by atoms with Gasteiger partial charge < -0.3 is 9.73 Å². The molecule has 5 heteroatoms. The predicted molar refractivity (Wildman–Crippen MR) is 71.5 cm³/mol. The lowest BCUT2D eigenvalue weighted by Gasteiger charge is -2.01. The fourth-order valence-corrected chi connectivity index (χ4v) is 1.97. The number of rotatable bonds is 6. The first kappa shape index (κ1) is 13.0. The third kappa shape index (κ3) is 5.01. The zero-order valence-corrected chi connectivity index (χ0v) is 12.0. The van der Waals surface area contributed by atoms with E-state index < -0.39 is 0 Å². The van der Waals surface area contributed by atoms with E-state index in [1.807, 2.05) is 0 Å². The van der Waals surface area contributed by atoms with Crippen molar-refractivity contribution >= 4 is 44.4 Å². The minimum Gasteiger partial charge on any atom is -0.444 e. The Morgan fingerprint density at radius 3 is 2.80 bits per heavy atom. The van der Waals surface area contributed by atoms with Crippen LogP contribution < -0.4 is 5.32 Å². The minimum atomic E-state index is -0.143. The maximum absolute atomic E-state index is 11.5. The molecule has 1 N–H and O–H groups in total. The van der Waals surface area contributed by atoms with E-state index in [4.69, 9.17) is 4.42 Å². The molecule has 0 spiro atoms. The second-order valence-corrected chi connectivity index (χ2v) is 4.97. The summed E-state index contributed by atoms with van der Waals surface area (Å²) in [6.45, 7) is 0.716. The number of unbranched alkanes of at least 4 members (excludes halogenated alkanes) is 2. The molecule has 1 heterocycles. The summed E-state index contributed by atoms with van der Waals surface area (Å²) in [4.78, 5) is 11.5. The number of amides is 1. The van der Waals surface area contributed by atoms with Crippen LogP contribution in [0.15, 0.2) is 21.2 Å². The van der Waals surface area contributed by atoms with E-state index in [1.165, 1.54) is 10.8 Å². The van der Waals surface area contributed by atoms with Crippen LogP contribution in [-0.2, 0) is 0 Å². The molecule has 0 aromatic carbocycles. The average molecular weight is 386 g/mol. The van der Waals surface area contributed by atoms with Crippen molar-refractivity contribution in [3.05, 3.63) is 22.6 Å². The summed E-state index contributed by atoms with van der Waals surface area (Å²) < 4.78 is 6.89. The van der Waals surface area contributed by atoms with Crippen LogP contribution in [0.5, 0.6) is 0 Å². The van der Waals surface area contributed by atoms with Crippen molar-refractivity contribution in [3.63, 3.8) is 0 Å². The lowest BCUT2D eigenvalue weighted by molar-refractivity contribution is 0.0924. The quantitative estimate of drug-likeness (QED) is 0.463. The van der Waals surface area contributed by atoms with Crippen LogP contribution in [0.1, 0.15) is 29.8 Å². The summed E-state index contributed by atoms with van der Waals surface area (Å²) in [5.41, 5.74) is 0.